The van der Waals surface area contributed by atoms with Crippen molar-refractivity contribution in [2.24, 2.45) is 5.92 Å². The molecule has 1 unspecified atom stereocenters. The van der Waals surface area contributed by atoms with Crippen molar-refractivity contribution in [2.75, 3.05) is 13.2 Å². The Balaban J connectivity index is 2.72. The third-order valence-corrected chi connectivity index (χ3v) is 3.42. The number of unbranched alkanes of at least 4 members (excludes halogenated alkanes) is 1. The second kappa shape index (κ2) is 10.2. The molecule has 0 bridgehead atoms. The zero-order chi connectivity index (χ0) is 15.5. The van der Waals surface area contributed by atoms with E-state index >= 15 is 0 Å². The van der Waals surface area contributed by atoms with Crippen molar-refractivity contribution in [3.05, 3.63) is 29.6 Å². The average Bonchev–Trinajstić information content (AvgIpc) is 2.49. The van der Waals surface area contributed by atoms with Crippen molar-refractivity contribution in [1.29, 1.82) is 0 Å². The van der Waals surface area contributed by atoms with Crippen LogP contribution < -0.4 is 4.74 Å². The van der Waals surface area contributed by atoms with Crippen molar-refractivity contribution in [3.8, 4) is 17.6 Å². The van der Waals surface area contributed by atoms with E-state index in [-0.39, 0.29) is 12.4 Å². The maximum atomic E-state index is 13.4. The van der Waals surface area contributed by atoms with Gasteiger partial charge in [-0.2, -0.15) is 0 Å². The summed E-state index contributed by atoms with van der Waals surface area (Å²) >= 11 is 0. The van der Waals surface area contributed by atoms with E-state index in [9.17, 15) is 4.39 Å². The average molecular weight is 292 g/mol. The van der Waals surface area contributed by atoms with Crippen molar-refractivity contribution in [2.45, 2.75) is 46.0 Å². The first-order valence-electron chi connectivity index (χ1n) is 7.73. The van der Waals surface area contributed by atoms with Crippen molar-refractivity contribution >= 4 is 0 Å². The Morgan fingerprint density at radius 3 is 2.81 bits per heavy atom. The maximum absolute atomic E-state index is 13.4. The maximum Gasteiger partial charge on any atom is 0.137 e. The lowest BCUT2D eigenvalue weighted by molar-refractivity contribution is 0.232. The largest absolute Gasteiger partial charge is 0.492 e. The van der Waals surface area contributed by atoms with Crippen LogP contribution in [-0.2, 0) is 0 Å². The minimum Gasteiger partial charge on any atom is -0.492 e. The van der Waals surface area contributed by atoms with Gasteiger partial charge in [-0.3, -0.25) is 0 Å². The Labute approximate surface area is 127 Å². The van der Waals surface area contributed by atoms with Crippen LogP contribution in [0.5, 0.6) is 5.75 Å². The lowest BCUT2D eigenvalue weighted by Gasteiger charge is -2.16. The SMILES string of the molecule is CCCCC(CC)COc1cc(F)ccc1C#CCCO. The van der Waals surface area contributed by atoms with Crippen molar-refractivity contribution < 1.29 is 14.2 Å². The van der Waals surface area contributed by atoms with Gasteiger partial charge < -0.3 is 9.84 Å². The summed E-state index contributed by atoms with van der Waals surface area (Å²) in [6.07, 6.45) is 4.96. The molecule has 0 amide bonds. The van der Waals surface area contributed by atoms with Gasteiger partial charge in [0, 0.05) is 12.5 Å². The van der Waals surface area contributed by atoms with Gasteiger partial charge in [-0.1, -0.05) is 45.0 Å². The molecule has 0 spiro atoms. The Kier molecular flexibility index (Phi) is 8.54. The molecule has 0 saturated carbocycles. The summed E-state index contributed by atoms with van der Waals surface area (Å²) in [7, 11) is 0. The second-order valence-electron chi connectivity index (χ2n) is 5.14. The van der Waals surface area contributed by atoms with Crippen molar-refractivity contribution in [3.63, 3.8) is 0 Å². The molecule has 21 heavy (non-hydrogen) atoms. The molecule has 1 N–H and O–H groups in total. The predicted octanol–water partition coefficient (Wildman–Crippen LogP) is 4.15. The number of halogens is 1. The standard InChI is InChI=1S/C18H25FO2/c1-3-5-8-15(4-2)14-21-18-13-17(19)11-10-16(18)9-6-7-12-20/h10-11,13,15,20H,3-5,7-8,12,14H2,1-2H3. The summed E-state index contributed by atoms with van der Waals surface area (Å²) in [6, 6.07) is 4.39. The van der Waals surface area contributed by atoms with E-state index in [1.807, 2.05) is 0 Å². The topological polar surface area (TPSA) is 29.5 Å². The van der Waals surface area contributed by atoms with E-state index in [1.54, 1.807) is 6.07 Å². The summed E-state index contributed by atoms with van der Waals surface area (Å²) in [5, 5.41) is 8.75. The molecule has 0 aliphatic heterocycles. The van der Waals surface area contributed by atoms with E-state index in [0.29, 0.717) is 30.3 Å². The second-order valence-corrected chi connectivity index (χ2v) is 5.14. The summed E-state index contributed by atoms with van der Waals surface area (Å²) in [6.45, 7) is 4.94. The molecule has 0 aromatic heterocycles. The minimum absolute atomic E-state index is 0.0271. The number of ether oxygens (including phenoxy) is 1. The van der Waals surface area contributed by atoms with Gasteiger partial charge in [-0.25, -0.2) is 4.39 Å². The van der Waals surface area contributed by atoms with Gasteiger partial charge in [-0.15, -0.1) is 0 Å². The van der Waals surface area contributed by atoms with Crippen LogP contribution in [-0.4, -0.2) is 18.3 Å². The summed E-state index contributed by atoms with van der Waals surface area (Å²) in [4.78, 5) is 0. The quantitative estimate of drug-likeness (QED) is 0.729. The molecule has 1 atom stereocenters. The highest BCUT2D eigenvalue weighted by Crippen LogP contribution is 2.21. The summed E-state index contributed by atoms with van der Waals surface area (Å²) in [5.41, 5.74) is 0.676. The first-order chi connectivity index (χ1) is 10.2. The van der Waals surface area contributed by atoms with Crippen LogP contribution in [0.4, 0.5) is 4.39 Å². The molecule has 2 nitrogen and oxygen atoms in total. The normalized spacial score (nSPS) is 11.6. The number of aliphatic hydroxyl groups is 1. The highest BCUT2D eigenvalue weighted by Gasteiger charge is 2.09. The van der Waals surface area contributed by atoms with E-state index in [0.717, 1.165) is 12.8 Å². The highest BCUT2D eigenvalue weighted by molar-refractivity contribution is 5.46. The fraction of sp³-hybridized carbons (Fsp3) is 0.556. The molecule has 0 radical (unpaired) electrons. The zero-order valence-electron chi connectivity index (χ0n) is 13.0. The third kappa shape index (κ3) is 6.64. The molecular formula is C18H25FO2. The van der Waals surface area contributed by atoms with E-state index < -0.39 is 0 Å². The van der Waals surface area contributed by atoms with Gasteiger partial charge >= 0.3 is 0 Å². The smallest absolute Gasteiger partial charge is 0.137 e. The summed E-state index contributed by atoms with van der Waals surface area (Å²) in [5.74, 6) is 6.44. The number of hydrogen-bond acceptors (Lipinski definition) is 2. The van der Waals surface area contributed by atoms with Crippen molar-refractivity contribution in [1.82, 2.24) is 0 Å². The van der Waals surface area contributed by atoms with Crippen LogP contribution in [0.3, 0.4) is 0 Å². The molecule has 0 fully saturated rings. The molecule has 0 aliphatic carbocycles. The molecule has 116 valence electrons. The van der Waals surface area contributed by atoms with Crippen LogP contribution in [0.25, 0.3) is 0 Å². The summed E-state index contributed by atoms with van der Waals surface area (Å²) < 4.78 is 19.2. The van der Waals surface area contributed by atoms with Gasteiger partial charge in [0.15, 0.2) is 0 Å². The molecule has 1 aromatic rings. The van der Waals surface area contributed by atoms with Gasteiger partial charge in [0.1, 0.15) is 11.6 Å². The number of benzene rings is 1. The molecule has 0 aliphatic rings. The number of hydrogen-bond donors (Lipinski definition) is 1. The zero-order valence-corrected chi connectivity index (χ0v) is 13.0. The van der Waals surface area contributed by atoms with E-state index in [1.165, 1.54) is 25.0 Å². The Morgan fingerprint density at radius 1 is 1.33 bits per heavy atom. The van der Waals surface area contributed by atoms with Crippen LogP contribution >= 0.6 is 0 Å². The predicted molar refractivity (Wildman–Crippen MR) is 83.8 cm³/mol. The molecule has 0 heterocycles. The van der Waals surface area contributed by atoms with Gasteiger partial charge in [0.2, 0.25) is 0 Å². The fourth-order valence-electron chi connectivity index (χ4n) is 2.04. The monoisotopic (exact) mass is 292 g/mol. The van der Waals surface area contributed by atoms with Gasteiger partial charge in [-0.05, 0) is 24.5 Å². The first kappa shape index (κ1) is 17.5. The number of aliphatic hydroxyl groups excluding tert-OH is 1. The molecule has 1 rings (SSSR count). The van der Waals surface area contributed by atoms with Crippen LogP contribution in [0.1, 0.15) is 51.5 Å². The van der Waals surface area contributed by atoms with E-state index in [4.69, 9.17) is 9.84 Å². The van der Waals surface area contributed by atoms with Gasteiger partial charge in [0.05, 0.1) is 18.8 Å². The Hall–Kier alpha value is -1.53. The molecular weight excluding hydrogens is 267 g/mol. The first-order valence-corrected chi connectivity index (χ1v) is 7.73. The lowest BCUT2D eigenvalue weighted by Crippen LogP contribution is -2.12. The van der Waals surface area contributed by atoms with Crippen LogP contribution in [0.15, 0.2) is 18.2 Å². The Bertz CT molecular complexity index is 474. The number of rotatable bonds is 8. The fourth-order valence-corrected chi connectivity index (χ4v) is 2.04. The lowest BCUT2D eigenvalue weighted by atomic mass is 10.0. The molecule has 0 saturated heterocycles. The Morgan fingerprint density at radius 2 is 2.14 bits per heavy atom. The molecule has 3 heteroatoms. The molecule has 1 aromatic carbocycles. The van der Waals surface area contributed by atoms with Crippen LogP contribution in [0, 0.1) is 23.6 Å². The van der Waals surface area contributed by atoms with Gasteiger partial charge in [0.25, 0.3) is 0 Å². The van der Waals surface area contributed by atoms with Crippen LogP contribution in [0.2, 0.25) is 0 Å². The van der Waals surface area contributed by atoms with E-state index in [2.05, 4.69) is 25.7 Å². The highest BCUT2D eigenvalue weighted by atomic mass is 19.1. The minimum atomic E-state index is -0.320. The third-order valence-electron chi connectivity index (χ3n) is 3.42.